The first-order valence-electron chi connectivity index (χ1n) is 9.70. The predicted octanol–water partition coefficient (Wildman–Crippen LogP) is 2.82. The van der Waals surface area contributed by atoms with Crippen molar-refractivity contribution in [3.05, 3.63) is 57.3 Å². The lowest BCUT2D eigenvalue weighted by Crippen LogP contribution is -2.38. The molecule has 4 rings (SSSR count). The molecule has 0 saturated carbocycles. The summed E-state index contributed by atoms with van der Waals surface area (Å²) in [6.45, 7) is 3.09. The van der Waals surface area contributed by atoms with Crippen LogP contribution in [0.2, 0.25) is 0 Å². The molecule has 0 atom stereocenters. The van der Waals surface area contributed by atoms with Crippen LogP contribution in [0.25, 0.3) is 0 Å². The van der Waals surface area contributed by atoms with Gasteiger partial charge in [0.25, 0.3) is 17.6 Å². The van der Waals surface area contributed by atoms with E-state index in [-0.39, 0.29) is 29.9 Å². The zero-order valence-electron chi connectivity index (χ0n) is 16.1. The minimum Gasteiger partial charge on any atom is -0.358 e. The molecule has 1 fully saturated rings. The molecule has 9 heteroatoms. The van der Waals surface area contributed by atoms with E-state index in [4.69, 9.17) is 0 Å². The Morgan fingerprint density at radius 2 is 1.93 bits per heavy atom. The molecule has 1 aromatic carbocycles. The van der Waals surface area contributed by atoms with E-state index < -0.39 is 10.8 Å². The number of fused-ring (bicyclic) bond motifs is 1. The fourth-order valence-corrected chi connectivity index (χ4v) is 4.04. The molecule has 2 aromatic rings. The number of benzene rings is 1. The van der Waals surface area contributed by atoms with Crippen LogP contribution in [-0.2, 0) is 6.42 Å². The molecule has 0 spiro atoms. The summed E-state index contributed by atoms with van der Waals surface area (Å²) in [5.74, 6) is -0.434. The number of aliphatic imine (C=N–C) groups is 1. The molecule has 3 heterocycles. The van der Waals surface area contributed by atoms with Gasteiger partial charge in [-0.1, -0.05) is 25.1 Å². The molecule has 0 bridgehead atoms. The first kappa shape index (κ1) is 19.0. The molecular formula is C20H21N5O4. The van der Waals surface area contributed by atoms with Crippen molar-refractivity contribution in [2.45, 2.75) is 38.5 Å². The summed E-state index contributed by atoms with van der Waals surface area (Å²) in [7, 11) is 0. The summed E-state index contributed by atoms with van der Waals surface area (Å²) in [6, 6.07) is 9.16. The summed E-state index contributed by atoms with van der Waals surface area (Å²) in [5, 5.41) is 15.6. The molecule has 2 aliphatic heterocycles. The maximum Gasteiger partial charge on any atom is 0.351 e. The van der Waals surface area contributed by atoms with Gasteiger partial charge < -0.3 is 15.0 Å². The lowest BCUT2D eigenvalue weighted by atomic mass is 9.88. The Hall–Kier alpha value is -3.36. The van der Waals surface area contributed by atoms with E-state index in [1.807, 2.05) is 30.0 Å². The van der Waals surface area contributed by atoms with E-state index in [0.29, 0.717) is 37.9 Å². The zero-order valence-corrected chi connectivity index (χ0v) is 16.1. The normalized spacial score (nSPS) is 17.1. The fraction of sp³-hybridized carbons (Fsp3) is 0.400. The van der Waals surface area contributed by atoms with Crippen molar-refractivity contribution in [2.24, 2.45) is 4.99 Å². The highest BCUT2D eigenvalue weighted by Gasteiger charge is 2.37. The standard InChI is InChI=1S/C20H21N5O4/c1-2-15-18(19-21-16(25(28)29)12-17(26)24(19)22-15)13-8-10-23(11-9-13)20(27)14-6-4-3-5-7-14/h3-7,13H,2,8-12H2,1H3. The highest BCUT2D eigenvalue weighted by atomic mass is 16.6. The van der Waals surface area contributed by atoms with Crippen LogP contribution < -0.4 is 0 Å². The number of amides is 1. The van der Waals surface area contributed by atoms with Gasteiger partial charge in [-0.25, -0.2) is 0 Å². The molecule has 150 valence electrons. The molecule has 0 N–H and O–H groups in total. The monoisotopic (exact) mass is 395 g/mol. The van der Waals surface area contributed by atoms with Crippen LogP contribution in [0.4, 0.5) is 5.82 Å². The Kier molecular flexibility index (Phi) is 4.96. The Labute approximate surface area is 167 Å². The maximum absolute atomic E-state index is 12.7. The van der Waals surface area contributed by atoms with Gasteiger partial charge in [-0.15, -0.1) is 0 Å². The third-order valence-corrected chi connectivity index (χ3v) is 5.51. The molecule has 1 aromatic heterocycles. The van der Waals surface area contributed by atoms with E-state index in [9.17, 15) is 19.7 Å². The predicted molar refractivity (Wildman–Crippen MR) is 105 cm³/mol. The number of hydrogen-bond acceptors (Lipinski definition) is 6. The van der Waals surface area contributed by atoms with Gasteiger partial charge in [0, 0.05) is 18.7 Å². The lowest BCUT2D eigenvalue weighted by Gasteiger charge is -2.32. The highest BCUT2D eigenvalue weighted by molar-refractivity contribution is 6.02. The van der Waals surface area contributed by atoms with E-state index in [1.54, 1.807) is 12.1 Å². The zero-order chi connectivity index (χ0) is 20.5. The number of carbonyl (C=O) groups is 2. The Morgan fingerprint density at radius 3 is 2.55 bits per heavy atom. The second-order valence-corrected chi connectivity index (χ2v) is 7.24. The van der Waals surface area contributed by atoms with Gasteiger partial charge >= 0.3 is 5.84 Å². The third kappa shape index (κ3) is 3.43. The van der Waals surface area contributed by atoms with E-state index >= 15 is 0 Å². The Balaban J connectivity index is 1.59. The number of carbonyl (C=O) groups excluding carboxylic acids is 2. The minimum absolute atomic E-state index is 0.000589. The van der Waals surface area contributed by atoms with Crippen molar-refractivity contribution in [3.8, 4) is 0 Å². The Morgan fingerprint density at radius 1 is 1.24 bits per heavy atom. The van der Waals surface area contributed by atoms with Gasteiger partial charge in [-0.2, -0.15) is 9.78 Å². The molecule has 0 unspecified atom stereocenters. The summed E-state index contributed by atoms with van der Waals surface area (Å²) >= 11 is 0. The highest BCUT2D eigenvalue weighted by Crippen LogP contribution is 2.39. The number of aryl methyl sites for hydroxylation is 1. The second-order valence-electron chi connectivity index (χ2n) is 7.24. The first-order chi connectivity index (χ1) is 14.0. The number of nitro groups is 1. The SMILES string of the molecule is CCc1nn2c(c1C1CCN(C(=O)c3ccccc3)CC1)N=C([N+](=O)[O-])CC2=O. The van der Waals surface area contributed by atoms with Crippen LogP contribution in [-0.4, -0.2) is 50.3 Å². The van der Waals surface area contributed by atoms with E-state index in [2.05, 4.69) is 10.1 Å². The van der Waals surface area contributed by atoms with E-state index in [0.717, 1.165) is 11.3 Å². The molecular weight excluding hydrogens is 374 g/mol. The summed E-state index contributed by atoms with van der Waals surface area (Å²) in [4.78, 5) is 41.6. The quantitative estimate of drug-likeness (QED) is 0.586. The van der Waals surface area contributed by atoms with Gasteiger partial charge in [-0.05, 0) is 47.2 Å². The first-order valence-corrected chi connectivity index (χ1v) is 9.70. The number of amidine groups is 1. The van der Waals surface area contributed by atoms with Crippen molar-refractivity contribution in [1.29, 1.82) is 0 Å². The summed E-state index contributed by atoms with van der Waals surface area (Å²) in [5.41, 5.74) is 2.22. The van der Waals surface area contributed by atoms with Gasteiger partial charge in [0.1, 0.15) is 6.42 Å². The maximum atomic E-state index is 12.7. The Bertz CT molecular complexity index is 1000. The van der Waals surface area contributed by atoms with Gasteiger partial charge in [0.15, 0.2) is 0 Å². The molecule has 2 aliphatic rings. The van der Waals surface area contributed by atoms with Crippen molar-refractivity contribution in [2.75, 3.05) is 13.1 Å². The van der Waals surface area contributed by atoms with Crippen LogP contribution in [0.3, 0.4) is 0 Å². The number of aromatic nitrogens is 2. The summed E-state index contributed by atoms with van der Waals surface area (Å²) < 4.78 is 1.21. The largest absolute Gasteiger partial charge is 0.358 e. The second kappa shape index (κ2) is 7.57. The number of piperidine rings is 1. The van der Waals surface area contributed by atoms with Crippen LogP contribution >= 0.6 is 0 Å². The van der Waals surface area contributed by atoms with Crippen molar-refractivity contribution >= 4 is 23.5 Å². The average Bonchev–Trinajstić information content (AvgIpc) is 3.13. The molecule has 1 saturated heterocycles. The molecule has 9 nitrogen and oxygen atoms in total. The molecule has 29 heavy (non-hydrogen) atoms. The molecule has 0 radical (unpaired) electrons. The molecule has 1 amide bonds. The van der Waals surface area contributed by atoms with Gasteiger partial charge in [0.2, 0.25) is 0 Å². The minimum atomic E-state index is -0.606. The van der Waals surface area contributed by atoms with Crippen LogP contribution in [0.5, 0.6) is 0 Å². The van der Waals surface area contributed by atoms with Gasteiger partial charge in [0.05, 0.1) is 11.3 Å². The number of rotatable bonds is 3. The number of likely N-dealkylation sites (tertiary alicyclic amines) is 1. The number of hydrogen-bond donors (Lipinski definition) is 0. The smallest absolute Gasteiger partial charge is 0.351 e. The molecule has 0 aliphatic carbocycles. The van der Waals surface area contributed by atoms with Gasteiger partial charge in [-0.3, -0.25) is 9.59 Å². The van der Waals surface area contributed by atoms with E-state index in [1.165, 1.54) is 4.68 Å². The fourth-order valence-electron chi connectivity index (χ4n) is 4.04. The van der Waals surface area contributed by atoms with Crippen molar-refractivity contribution in [3.63, 3.8) is 0 Å². The summed E-state index contributed by atoms with van der Waals surface area (Å²) in [6.07, 6.45) is 1.65. The van der Waals surface area contributed by atoms with Crippen molar-refractivity contribution in [1.82, 2.24) is 14.7 Å². The van der Waals surface area contributed by atoms with Crippen LogP contribution in [0.15, 0.2) is 35.3 Å². The van der Waals surface area contributed by atoms with Crippen LogP contribution in [0, 0.1) is 10.1 Å². The lowest BCUT2D eigenvalue weighted by molar-refractivity contribution is -0.352. The van der Waals surface area contributed by atoms with Crippen molar-refractivity contribution < 1.29 is 14.5 Å². The number of nitrogens with zero attached hydrogens (tertiary/aromatic N) is 5. The third-order valence-electron chi connectivity index (χ3n) is 5.51. The topological polar surface area (TPSA) is 111 Å². The van der Waals surface area contributed by atoms with Crippen LogP contribution in [0.1, 0.15) is 58.5 Å². The average molecular weight is 395 g/mol.